The summed E-state index contributed by atoms with van der Waals surface area (Å²) in [6.45, 7) is 11.4. The van der Waals surface area contributed by atoms with Gasteiger partial charge in [-0.3, -0.25) is 0 Å². The van der Waals surface area contributed by atoms with Gasteiger partial charge in [0.2, 0.25) is 11.9 Å². The Morgan fingerprint density at radius 3 is 1.61 bits per heavy atom. The maximum absolute atomic E-state index is 14.1. The van der Waals surface area contributed by atoms with E-state index in [1.807, 2.05) is 18.2 Å². The Morgan fingerprint density at radius 1 is 0.508 bits per heavy atom. The predicted molar refractivity (Wildman–Crippen MR) is 240 cm³/mol. The average Bonchev–Trinajstić information content (AvgIpc) is 3.26. The lowest BCUT2D eigenvalue weighted by Crippen LogP contribution is -2.30. The highest BCUT2D eigenvalue weighted by Gasteiger charge is 2.18. The van der Waals surface area contributed by atoms with Gasteiger partial charge in [0.05, 0.1) is 7.11 Å². The smallest absolute Gasteiger partial charge is 0.231 e. The van der Waals surface area contributed by atoms with Crippen molar-refractivity contribution in [3.63, 3.8) is 0 Å². The molecule has 61 heavy (non-hydrogen) atoms. The summed E-state index contributed by atoms with van der Waals surface area (Å²) in [5, 5.41) is 12.9. The summed E-state index contributed by atoms with van der Waals surface area (Å²) in [4.78, 5) is 23.0. The van der Waals surface area contributed by atoms with Crippen LogP contribution in [-0.2, 0) is 0 Å². The summed E-state index contributed by atoms with van der Waals surface area (Å²) in [6.07, 6.45) is 6.98. The van der Waals surface area contributed by atoms with E-state index >= 15 is 0 Å². The fourth-order valence-corrected chi connectivity index (χ4v) is 7.24. The first-order chi connectivity index (χ1) is 29.5. The third-order valence-electron chi connectivity index (χ3n) is 10.8. The number of rotatable bonds is 11. The molecule has 318 valence electrons. The van der Waals surface area contributed by atoms with Crippen LogP contribution in [0.4, 0.5) is 71.1 Å². The quantitative estimate of drug-likeness (QED) is 0.100. The number of nitrogens with one attached hydrogen (secondary N) is 4. The number of halogens is 3. The van der Waals surface area contributed by atoms with Crippen molar-refractivity contribution in [3.05, 3.63) is 125 Å². The summed E-state index contributed by atoms with van der Waals surface area (Å²) in [6, 6.07) is 24.7. The fourth-order valence-electron chi connectivity index (χ4n) is 7.24. The van der Waals surface area contributed by atoms with Crippen LogP contribution >= 0.6 is 0 Å². The van der Waals surface area contributed by atoms with Gasteiger partial charge in [0.25, 0.3) is 0 Å². The van der Waals surface area contributed by atoms with Gasteiger partial charge in [-0.25, -0.2) is 13.2 Å². The minimum Gasteiger partial charge on any atom is -0.494 e. The zero-order chi connectivity index (χ0) is 42.9. The Morgan fingerprint density at radius 2 is 1.05 bits per heavy atom. The van der Waals surface area contributed by atoms with Crippen LogP contribution in [0.3, 0.4) is 0 Å². The normalized spacial score (nSPS) is 13.8. The van der Waals surface area contributed by atoms with Crippen molar-refractivity contribution >= 4 is 57.9 Å². The topological polar surface area (TPSA) is 115 Å². The molecule has 0 unspecified atom stereocenters. The molecular formula is C47H53F3N10O. The molecular weight excluding hydrogens is 778 g/mol. The Hall–Kier alpha value is -6.57. The first kappa shape index (κ1) is 42.6. The van der Waals surface area contributed by atoms with Crippen LogP contribution in [0.15, 0.2) is 84.9 Å². The van der Waals surface area contributed by atoms with Crippen molar-refractivity contribution in [3.8, 4) is 5.75 Å². The van der Waals surface area contributed by atoms with Crippen molar-refractivity contribution in [2.45, 2.75) is 66.2 Å². The molecule has 0 aliphatic carbocycles. The molecule has 4 aromatic carbocycles. The van der Waals surface area contributed by atoms with Gasteiger partial charge in [0, 0.05) is 72.7 Å². The van der Waals surface area contributed by atoms with Crippen molar-refractivity contribution in [1.29, 1.82) is 0 Å². The highest BCUT2D eigenvalue weighted by atomic mass is 19.1. The number of piperidine rings is 2. The summed E-state index contributed by atoms with van der Waals surface area (Å²) < 4.78 is 47.1. The number of hydrogen-bond acceptors (Lipinski definition) is 11. The molecule has 2 aliphatic rings. The van der Waals surface area contributed by atoms with E-state index in [0.29, 0.717) is 51.7 Å². The van der Waals surface area contributed by atoms with Gasteiger partial charge in [0.15, 0.2) is 11.6 Å². The molecule has 8 rings (SSSR count). The lowest BCUT2D eigenvalue weighted by molar-refractivity contribution is 0.386. The van der Waals surface area contributed by atoms with Crippen LogP contribution < -0.4 is 35.8 Å². The van der Waals surface area contributed by atoms with Gasteiger partial charge in [-0.05, 0) is 125 Å². The molecule has 0 atom stereocenters. The molecule has 0 bridgehead atoms. The SMILES string of the molecule is COc1ccc(Nc2nc(Nc3cc(C)ccc3C)cc(N3CCCCC3)n2)cc1F.Cc1ccc(Nc2nc(Nc3cccc(F)c3C)cc(N3CCCCC3)n2)cc1F. The maximum atomic E-state index is 14.1. The second-order valence-electron chi connectivity index (χ2n) is 15.5. The van der Waals surface area contributed by atoms with Gasteiger partial charge in [0.1, 0.15) is 34.9 Å². The standard InChI is InChI=1S/C24H28FN5O.C23H25F2N5/c1-16-7-8-17(2)20(13-16)27-22-15-23(30-11-5-4-6-12-30)29-24(28-22)26-18-9-10-21(31-3)19(25)14-18;1-15-9-10-17(13-19(15)25)26-23-28-21(27-20-8-6-7-18(24)16(20)2)14-22(29-23)30-11-4-3-5-12-30/h7-10,13-15H,4-6,11-12H2,1-3H3,(H2,26,27,28,29);6-10,13-14H,3-5,11-12H2,1-2H3,(H2,26,27,28,29). The monoisotopic (exact) mass is 830 g/mol. The van der Waals surface area contributed by atoms with E-state index in [-0.39, 0.29) is 17.4 Å². The van der Waals surface area contributed by atoms with Crippen LogP contribution in [-0.4, -0.2) is 53.2 Å². The van der Waals surface area contributed by atoms with Gasteiger partial charge in [-0.1, -0.05) is 24.3 Å². The number of benzene rings is 4. The second kappa shape index (κ2) is 19.7. The minimum atomic E-state index is -0.437. The summed E-state index contributed by atoms with van der Waals surface area (Å²) in [5.41, 5.74) is 6.18. The third-order valence-corrected chi connectivity index (χ3v) is 10.8. The molecule has 4 N–H and O–H groups in total. The van der Waals surface area contributed by atoms with E-state index < -0.39 is 5.82 Å². The molecule has 4 heterocycles. The highest BCUT2D eigenvalue weighted by molar-refractivity contribution is 5.68. The molecule has 0 amide bonds. The van der Waals surface area contributed by atoms with E-state index in [4.69, 9.17) is 9.72 Å². The Labute approximate surface area is 355 Å². The molecule has 6 aromatic rings. The van der Waals surface area contributed by atoms with Crippen molar-refractivity contribution in [1.82, 2.24) is 19.9 Å². The summed E-state index contributed by atoms with van der Waals surface area (Å²) in [5.74, 6) is 2.86. The molecule has 0 saturated carbocycles. The predicted octanol–water partition coefficient (Wildman–Crippen LogP) is 11.6. The minimum absolute atomic E-state index is 0.200. The molecule has 11 nitrogen and oxygen atoms in total. The largest absolute Gasteiger partial charge is 0.494 e. The number of nitrogens with zero attached hydrogens (tertiary/aromatic N) is 6. The molecule has 2 fully saturated rings. The molecule has 0 radical (unpaired) electrons. The first-order valence-corrected chi connectivity index (χ1v) is 20.8. The van der Waals surface area contributed by atoms with Crippen molar-refractivity contribution in [2.75, 3.05) is 64.4 Å². The zero-order valence-corrected chi connectivity index (χ0v) is 35.4. The van der Waals surface area contributed by atoms with Gasteiger partial charge < -0.3 is 35.8 Å². The zero-order valence-electron chi connectivity index (χ0n) is 35.4. The van der Waals surface area contributed by atoms with Gasteiger partial charge in [-0.2, -0.15) is 19.9 Å². The molecule has 0 spiro atoms. The van der Waals surface area contributed by atoms with Crippen LogP contribution in [0.25, 0.3) is 0 Å². The average molecular weight is 831 g/mol. The second-order valence-corrected chi connectivity index (χ2v) is 15.5. The lowest BCUT2D eigenvalue weighted by Gasteiger charge is -2.28. The number of ether oxygens (including phenoxy) is 1. The van der Waals surface area contributed by atoms with Crippen molar-refractivity contribution in [2.24, 2.45) is 0 Å². The van der Waals surface area contributed by atoms with E-state index in [2.05, 4.69) is 78.1 Å². The summed E-state index contributed by atoms with van der Waals surface area (Å²) in [7, 11) is 1.45. The van der Waals surface area contributed by atoms with Gasteiger partial charge >= 0.3 is 0 Å². The van der Waals surface area contributed by atoms with Crippen molar-refractivity contribution < 1.29 is 17.9 Å². The highest BCUT2D eigenvalue weighted by Crippen LogP contribution is 2.30. The molecule has 2 aromatic heterocycles. The summed E-state index contributed by atoms with van der Waals surface area (Å²) >= 11 is 0. The Bertz CT molecular complexity index is 2450. The van der Waals surface area contributed by atoms with Gasteiger partial charge in [-0.15, -0.1) is 0 Å². The molecule has 2 aliphatic heterocycles. The van der Waals surface area contributed by atoms with E-state index in [1.165, 1.54) is 43.7 Å². The first-order valence-electron chi connectivity index (χ1n) is 20.8. The molecule has 14 heteroatoms. The number of hydrogen-bond donors (Lipinski definition) is 4. The van der Waals surface area contributed by atoms with Crippen LogP contribution in [0.2, 0.25) is 0 Å². The number of methoxy groups -OCH3 is 1. The molecule has 2 saturated heterocycles. The van der Waals surface area contributed by atoms with E-state index in [1.54, 1.807) is 44.2 Å². The number of anilines is 10. The number of aromatic nitrogens is 4. The van der Waals surface area contributed by atoms with Crippen LogP contribution in [0, 0.1) is 45.1 Å². The maximum Gasteiger partial charge on any atom is 0.231 e. The lowest BCUT2D eigenvalue weighted by atomic mass is 10.1. The Kier molecular flexibility index (Phi) is 13.7. The van der Waals surface area contributed by atoms with E-state index in [9.17, 15) is 13.2 Å². The Balaban J connectivity index is 0.000000184. The fraction of sp³-hybridized carbons (Fsp3) is 0.319. The van der Waals surface area contributed by atoms with Crippen LogP contribution in [0.5, 0.6) is 5.75 Å². The number of aryl methyl sites for hydroxylation is 3. The van der Waals surface area contributed by atoms with E-state index in [0.717, 1.165) is 74.7 Å². The van der Waals surface area contributed by atoms with Crippen LogP contribution in [0.1, 0.15) is 60.8 Å². The third kappa shape index (κ3) is 11.2.